The molecule has 0 saturated heterocycles. The number of amides is 1. The van der Waals surface area contributed by atoms with Crippen LogP contribution < -0.4 is 20.9 Å². The minimum absolute atomic E-state index is 0.0274. The topological polar surface area (TPSA) is 117 Å². The van der Waals surface area contributed by atoms with Crippen molar-refractivity contribution in [2.45, 2.75) is 6.92 Å². The van der Waals surface area contributed by atoms with Gasteiger partial charge in [0.05, 0.1) is 7.11 Å². The summed E-state index contributed by atoms with van der Waals surface area (Å²) < 4.78 is 9.85. The van der Waals surface area contributed by atoms with E-state index in [9.17, 15) is 4.79 Å². The molecule has 8 heteroatoms. The zero-order valence-corrected chi connectivity index (χ0v) is 9.93. The maximum atomic E-state index is 11.5. The molecule has 1 rings (SSSR count). The van der Waals surface area contributed by atoms with Gasteiger partial charge >= 0.3 is 6.09 Å². The SMILES string of the molecule is CCN(C)C(=O)Oc1nc(N)nc(OC)c1N. The molecule has 1 aromatic heterocycles. The number of nitrogen functional groups attached to an aromatic ring is 2. The summed E-state index contributed by atoms with van der Waals surface area (Å²) in [6.07, 6.45) is -0.584. The Bertz CT molecular complexity index is 423. The Morgan fingerprint density at radius 2 is 1.94 bits per heavy atom. The third-order valence-electron chi connectivity index (χ3n) is 2.06. The first-order valence-electron chi connectivity index (χ1n) is 4.89. The van der Waals surface area contributed by atoms with Gasteiger partial charge < -0.3 is 25.8 Å². The van der Waals surface area contributed by atoms with Crippen LogP contribution in [0.5, 0.6) is 11.8 Å². The minimum atomic E-state index is -0.584. The number of nitrogens with zero attached hydrogens (tertiary/aromatic N) is 3. The predicted octanol–water partition coefficient (Wildman–Crippen LogP) is 0.100. The van der Waals surface area contributed by atoms with Crippen LogP contribution in [0.15, 0.2) is 0 Å². The van der Waals surface area contributed by atoms with Crippen LogP contribution in [0.2, 0.25) is 0 Å². The maximum Gasteiger partial charge on any atom is 0.416 e. The summed E-state index contributed by atoms with van der Waals surface area (Å²) in [6, 6.07) is 0. The molecule has 94 valence electrons. The molecule has 0 spiro atoms. The van der Waals surface area contributed by atoms with E-state index in [2.05, 4.69) is 9.97 Å². The lowest BCUT2D eigenvalue weighted by Crippen LogP contribution is -2.30. The van der Waals surface area contributed by atoms with Gasteiger partial charge in [-0.25, -0.2) is 4.79 Å². The van der Waals surface area contributed by atoms with Crippen molar-refractivity contribution in [2.75, 3.05) is 32.2 Å². The number of nitrogens with two attached hydrogens (primary N) is 2. The van der Waals surface area contributed by atoms with Crippen molar-refractivity contribution >= 4 is 17.7 Å². The van der Waals surface area contributed by atoms with Crippen molar-refractivity contribution in [3.8, 4) is 11.8 Å². The molecule has 0 saturated carbocycles. The molecule has 0 aromatic carbocycles. The Hall–Kier alpha value is -2.25. The summed E-state index contributed by atoms with van der Waals surface area (Å²) in [6.45, 7) is 2.30. The minimum Gasteiger partial charge on any atom is -0.479 e. The monoisotopic (exact) mass is 241 g/mol. The molecule has 4 N–H and O–H groups in total. The standard InChI is InChI=1S/C9H15N5O3/c1-4-14(2)9(15)17-7-5(10)6(16-3)12-8(11)13-7/h4,10H2,1-3H3,(H2,11,12,13). The Morgan fingerprint density at radius 3 is 2.47 bits per heavy atom. The van der Waals surface area contributed by atoms with Crippen molar-refractivity contribution in [3.05, 3.63) is 0 Å². The third-order valence-corrected chi connectivity index (χ3v) is 2.06. The van der Waals surface area contributed by atoms with E-state index in [1.54, 1.807) is 14.0 Å². The van der Waals surface area contributed by atoms with Crippen LogP contribution >= 0.6 is 0 Å². The van der Waals surface area contributed by atoms with Crippen LogP contribution in [-0.2, 0) is 0 Å². The molecule has 17 heavy (non-hydrogen) atoms. The molecule has 8 nitrogen and oxygen atoms in total. The molecule has 0 bridgehead atoms. The zero-order valence-electron chi connectivity index (χ0n) is 9.93. The first-order valence-corrected chi connectivity index (χ1v) is 4.89. The zero-order chi connectivity index (χ0) is 13.0. The number of hydrogen-bond acceptors (Lipinski definition) is 7. The summed E-state index contributed by atoms with van der Waals surface area (Å²) in [5.41, 5.74) is 11.1. The van der Waals surface area contributed by atoms with E-state index in [1.807, 2.05) is 0 Å². The molecule has 0 aliphatic heterocycles. The summed E-state index contributed by atoms with van der Waals surface area (Å²) in [5.74, 6) is -0.128. The van der Waals surface area contributed by atoms with Gasteiger partial charge in [0.25, 0.3) is 5.88 Å². The molecule has 0 unspecified atom stereocenters. The second kappa shape index (κ2) is 5.19. The number of methoxy groups -OCH3 is 1. The summed E-state index contributed by atoms with van der Waals surface area (Å²) in [4.78, 5) is 20.3. The van der Waals surface area contributed by atoms with Crippen molar-refractivity contribution in [3.63, 3.8) is 0 Å². The van der Waals surface area contributed by atoms with Crippen molar-refractivity contribution in [1.82, 2.24) is 14.9 Å². The van der Waals surface area contributed by atoms with E-state index >= 15 is 0 Å². The molecular weight excluding hydrogens is 226 g/mol. The molecule has 0 aliphatic rings. The summed E-state index contributed by atoms with van der Waals surface area (Å²) in [5, 5.41) is 0. The molecular formula is C9H15N5O3. The van der Waals surface area contributed by atoms with Crippen LogP contribution in [0.1, 0.15) is 6.92 Å². The van der Waals surface area contributed by atoms with Crippen LogP contribution in [0.3, 0.4) is 0 Å². The fourth-order valence-electron chi connectivity index (χ4n) is 0.968. The highest BCUT2D eigenvalue weighted by Gasteiger charge is 2.17. The third kappa shape index (κ3) is 2.86. The van der Waals surface area contributed by atoms with Gasteiger partial charge in [-0.3, -0.25) is 0 Å². The first kappa shape index (κ1) is 12.8. The number of carbonyl (C=O) groups is 1. The van der Waals surface area contributed by atoms with Gasteiger partial charge in [0.1, 0.15) is 0 Å². The van der Waals surface area contributed by atoms with Crippen LogP contribution in [0.25, 0.3) is 0 Å². The van der Waals surface area contributed by atoms with E-state index in [0.29, 0.717) is 6.54 Å². The second-order valence-corrected chi connectivity index (χ2v) is 3.19. The molecule has 0 aliphatic carbocycles. The van der Waals surface area contributed by atoms with Crippen LogP contribution in [0.4, 0.5) is 16.4 Å². The van der Waals surface area contributed by atoms with Crippen LogP contribution in [-0.4, -0.2) is 41.7 Å². The highest BCUT2D eigenvalue weighted by Crippen LogP contribution is 2.28. The number of rotatable bonds is 3. The summed E-state index contributed by atoms with van der Waals surface area (Å²) in [7, 11) is 2.96. The number of anilines is 2. The van der Waals surface area contributed by atoms with E-state index in [1.165, 1.54) is 12.0 Å². The van der Waals surface area contributed by atoms with E-state index < -0.39 is 6.09 Å². The lowest BCUT2D eigenvalue weighted by atomic mass is 10.5. The summed E-state index contributed by atoms with van der Waals surface area (Å²) >= 11 is 0. The number of ether oxygens (including phenoxy) is 2. The smallest absolute Gasteiger partial charge is 0.416 e. The van der Waals surface area contributed by atoms with Crippen molar-refractivity contribution in [1.29, 1.82) is 0 Å². The average Bonchev–Trinajstić information content (AvgIpc) is 2.31. The lowest BCUT2D eigenvalue weighted by molar-refractivity contribution is 0.163. The van der Waals surface area contributed by atoms with Crippen LogP contribution in [0, 0.1) is 0 Å². The quantitative estimate of drug-likeness (QED) is 0.770. The van der Waals surface area contributed by atoms with E-state index in [4.69, 9.17) is 20.9 Å². The lowest BCUT2D eigenvalue weighted by Gasteiger charge is -2.15. The second-order valence-electron chi connectivity index (χ2n) is 3.19. The maximum absolute atomic E-state index is 11.5. The largest absolute Gasteiger partial charge is 0.479 e. The highest BCUT2D eigenvalue weighted by atomic mass is 16.6. The fourth-order valence-corrected chi connectivity index (χ4v) is 0.968. The van der Waals surface area contributed by atoms with Gasteiger partial charge in [-0.05, 0) is 6.92 Å². The fraction of sp³-hybridized carbons (Fsp3) is 0.444. The molecule has 1 amide bonds. The highest BCUT2D eigenvalue weighted by molar-refractivity contribution is 5.73. The van der Waals surface area contributed by atoms with Crippen molar-refractivity contribution in [2.24, 2.45) is 0 Å². The number of hydrogen-bond donors (Lipinski definition) is 2. The number of aromatic nitrogens is 2. The van der Waals surface area contributed by atoms with E-state index in [-0.39, 0.29) is 23.4 Å². The Labute approximate surface area is 98.5 Å². The van der Waals surface area contributed by atoms with Gasteiger partial charge in [-0.1, -0.05) is 0 Å². The van der Waals surface area contributed by atoms with Gasteiger partial charge in [-0.2, -0.15) is 9.97 Å². The Kier molecular flexibility index (Phi) is 3.91. The van der Waals surface area contributed by atoms with E-state index in [0.717, 1.165) is 0 Å². The van der Waals surface area contributed by atoms with Crippen molar-refractivity contribution < 1.29 is 14.3 Å². The molecule has 1 aromatic rings. The Balaban J connectivity index is 2.98. The molecule has 0 atom stereocenters. The molecule has 0 fully saturated rings. The first-order chi connectivity index (χ1) is 7.99. The molecule has 1 heterocycles. The molecule has 0 radical (unpaired) electrons. The van der Waals surface area contributed by atoms with Gasteiger partial charge in [0.15, 0.2) is 5.69 Å². The van der Waals surface area contributed by atoms with Gasteiger partial charge in [0.2, 0.25) is 11.8 Å². The number of carbonyl (C=O) groups excluding carboxylic acids is 1. The Morgan fingerprint density at radius 1 is 1.35 bits per heavy atom. The van der Waals surface area contributed by atoms with Gasteiger partial charge in [-0.15, -0.1) is 0 Å². The van der Waals surface area contributed by atoms with Gasteiger partial charge in [0, 0.05) is 13.6 Å². The normalized spacial score (nSPS) is 9.82. The predicted molar refractivity (Wildman–Crippen MR) is 61.7 cm³/mol. The average molecular weight is 241 g/mol.